The highest BCUT2D eigenvalue weighted by Crippen LogP contribution is 2.27. The van der Waals surface area contributed by atoms with Crippen LogP contribution in [0.5, 0.6) is 0 Å². The van der Waals surface area contributed by atoms with Gasteiger partial charge in [0.05, 0.1) is 18.2 Å². The number of β-amino-alcohol motifs (C(OH)–C–C–N with tert-alkyl or cyclic N) is 1. The van der Waals surface area contributed by atoms with E-state index in [0.717, 1.165) is 42.9 Å². The number of fused-ring (bicyclic) bond motifs is 1. The lowest BCUT2D eigenvalue weighted by molar-refractivity contribution is 0.188. The first kappa shape index (κ1) is 18.0. The van der Waals surface area contributed by atoms with Crippen molar-refractivity contribution in [3.63, 3.8) is 0 Å². The van der Waals surface area contributed by atoms with Crippen LogP contribution in [0.3, 0.4) is 0 Å². The molecule has 2 N–H and O–H groups in total. The van der Waals surface area contributed by atoms with Gasteiger partial charge in [0.25, 0.3) is 0 Å². The Bertz CT molecular complexity index is 937. The minimum Gasteiger partial charge on any atom is -0.395 e. The van der Waals surface area contributed by atoms with Gasteiger partial charge in [0.2, 0.25) is 5.95 Å². The summed E-state index contributed by atoms with van der Waals surface area (Å²) in [5, 5.41) is 18.3. The molecular weight excluding hydrogens is 366 g/mol. The quantitative estimate of drug-likeness (QED) is 0.691. The third-order valence-corrected chi connectivity index (χ3v) is 4.97. The summed E-state index contributed by atoms with van der Waals surface area (Å²) >= 11 is 6.11. The lowest BCUT2D eigenvalue weighted by Crippen LogP contribution is -2.47. The molecule has 0 aliphatic carbocycles. The fraction of sp³-hybridized carbons (Fsp3) is 0.389. The van der Waals surface area contributed by atoms with Gasteiger partial charge < -0.3 is 15.3 Å². The number of piperazine rings is 1. The highest BCUT2D eigenvalue weighted by atomic mass is 35.5. The van der Waals surface area contributed by atoms with Crippen molar-refractivity contribution < 1.29 is 5.11 Å². The summed E-state index contributed by atoms with van der Waals surface area (Å²) in [6.45, 7) is 4.29. The van der Waals surface area contributed by atoms with Gasteiger partial charge in [-0.15, -0.1) is 0 Å². The number of aliphatic hydroxyl groups is 1. The number of nitrogens with one attached hydrogen (secondary N) is 1. The van der Waals surface area contributed by atoms with Gasteiger partial charge in [0, 0.05) is 50.5 Å². The molecule has 0 saturated carbocycles. The maximum Gasteiger partial charge on any atom is 0.229 e. The third-order valence-electron chi connectivity index (χ3n) is 4.74. The number of aliphatic hydroxyl groups excluding tert-OH is 1. The summed E-state index contributed by atoms with van der Waals surface area (Å²) in [6.07, 6.45) is 1.77. The fourth-order valence-electron chi connectivity index (χ4n) is 3.26. The largest absolute Gasteiger partial charge is 0.395 e. The van der Waals surface area contributed by atoms with Crippen LogP contribution < -0.4 is 10.2 Å². The van der Waals surface area contributed by atoms with Crippen molar-refractivity contribution in [2.24, 2.45) is 7.05 Å². The van der Waals surface area contributed by atoms with Gasteiger partial charge in [-0.25, -0.2) is 0 Å². The van der Waals surface area contributed by atoms with Gasteiger partial charge in [-0.2, -0.15) is 15.1 Å². The fourth-order valence-corrected chi connectivity index (χ4v) is 3.45. The molecule has 27 heavy (non-hydrogen) atoms. The second-order valence-electron chi connectivity index (χ2n) is 6.57. The minimum atomic E-state index is 0.186. The number of benzene rings is 1. The molecule has 142 valence electrons. The summed E-state index contributed by atoms with van der Waals surface area (Å²) in [7, 11) is 1.88. The molecule has 0 atom stereocenters. The summed E-state index contributed by atoms with van der Waals surface area (Å²) in [6, 6.07) is 7.54. The number of hydrogen-bond acceptors (Lipinski definition) is 7. The van der Waals surface area contributed by atoms with Gasteiger partial charge in [-0.05, 0) is 18.2 Å². The molecule has 1 aliphatic heterocycles. The second-order valence-corrected chi connectivity index (χ2v) is 7.00. The molecule has 0 unspecified atom stereocenters. The van der Waals surface area contributed by atoms with Crippen molar-refractivity contribution in [1.82, 2.24) is 24.6 Å². The van der Waals surface area contributed by atoms with Gasteiger partial charge in [-0.3, -0.25) is 9.58 Å². The summed E-state index contributed by atoms with van der Waals surface area (Å²) < 4.78 is 1.76. The molecule has 1 fully saturated rings. The lowest BCUT2D eigenvalue weighted by Gasteiger charge is -2.34. The summed E-state index contributed by atoms with van der Waals surface area (Å²) in [5.41, 5.74) is 1.65. The average Bonchev–Trinajstić information content (AvgIpc) is 3.04. The Morgan fingerprint density at radius 2 is 2.00 bits per heavy atom. The third kappa shape index (κ3) is 3.83. The Balaban J connectivity index is 1.65. The van der Waals surface area contributed by atoms with E-state index in [-0.39, 0.29) is 6.61 Å². The number of anilines is 3. The van der Waals surface area contributed by atoms with Crippen molar-refractivity contribution in [2.45, 2.75) is 0 Å². The SMILES string of the molecule is Cn1ncc2c(Nc3cccc(Cl)c3)nc(N3CCN(CCO)CC3)nc21. The van der Waals surface area contributed by atoms with Crippen LogP contribution in [0.1, 0.15) is 0 Å². The monoisotopic (exact) mass is 387 g/mol. The molecule has 9 heteroatoms. The van der Waals surface area contributed by atoms with Crippen molar-refractivity contribution in [2.75, 3.05) is 49.5 Å². The molecule has 0 radical (unpaired) electrons. The average molecular weight is 388 g/mol. The molecule has 2 aromatic heterocycles. The van der Waals surface area contributed by atoms with E-state index in [1.807, 2.05) is 31.3 Å². The standard InChI is InChI=1S/C18H22ClN7O/c1-24-17-15(12-20-24)16(21-14-4-2-3-13(19)11-14)22-18(23-17)26-7-5-25(6-8-26)9-10-27/h2-4,11-12,27H,5-10H2,1H3,(H,21,22,23). The smallest absolute Gasteiger partial charge is 0.229 e. The Morgan fingerprint density at radius 3 is 2.74 bits per heavy atom. The molecule has 0 bridgehead atoms. The first-order valence-corrected chi connectivity index (χ1v) is 9.32. The van der Waals surface area contributed by atoms with Gasteiger partial charge in [0.1, 0.15) is 5.82 Å². The van der Waals surface area contributed by atoms with E-state index < -0.39 is 0 Å². The van der Waals surface area contributed by atoms with Crippen LogP contribution in [-0.2, 0) is 7.05 Å². The van der Waals surface area contributed by atoms with Crippen molar-refractivity contribution in [3.8, 4) is 0 Å². The molecule has 3 aromatic rings. The van der Waals surface area contributed by atoms with Crippen LogP contribution in [0.4, 0.5) is 17.5 Å². The van der Waals surface area contributed by atoms with E-state index in [9.17, 15) is 0 Å². The normalized spacial score (nSPS) is 15.4. The Labute approximate surface area is 162 Å². The zero-order valence-electron chi connectivity index (χ0n) is 15.1. The minimum absolute atomic E-state index is 0.186. The highest BCUT2D eigenvalue weighted by molar-refractivity contribution is 6.30. The Kier molecular flexibility index (Phi) is 5.11. The topological polar surface area (TPSA) is 82.3 Å². The first-order chi connectivity index (χ1) is 13.1. The molecule has 0 amide bonds. The molecular formula is C18H22ClN7O. The van der Waals surface area contributed by atoms with Crippen LogP contribution in [0.25, 0.3) is 11.0 Å². The van der Waals surface area contributed by atoms with E-state index >= 15 is 0 Å². The van der Waals surface area contributed by atoms with E-state index in [4.69, 9.17) is 26.7 Å². The molecule has 1 aromatic carbocycles. The molecule has 4 rings (SSSR count). The van der Waals surface area contributed by atoms with Crippen LogP contribution in [0.2, 0.25) is 5.02 Å². The molecule has 1 saturated heterocycles. The van der Waals surface area contributed by atoms with Crippen molar-refractivity contribution >= 4 is 40.1 Å². The zero-order chi connectivity index (χ0) is 18.8. The zero-order valence-corrected chi connectivity index (χ0v) is 15.9. The number of aryl methyl sites for hydroxylation is 1. The van der Waals surface area contributed by atoms with Crippen molar-refractivity contribution in [3.05, 3.63) is 35.5 Å². The molecule has 1 aliphatic rings. The van der Waals surface area contributed by atoms with E-state index in [1.54, 1.807) is 10.9 Å². The number of halogens is 1. The van der Waals surface area contributed by atoms with Crippen LogP contribution >= 0.6 is 11.6 Å². The van der Waals surface area contributed by atoms with Gasteiger partial charge in [0.15, 0.2) is 5.65 Å². The Hall–Kier alpha value is -2.42. The second kappa shape index (κ2) is 7.67. The summed E-state index contributed by atoms with van der Waals surface area (Å²) in [4.78, 5) is 13.9. The lowest BCUT2D eigenvalue weighted by atomic mass is 10.3. The number of aromatic nitrogens is 4. The van der Waals surface area contributed by atoms with Crippen LogP contribution in [0, 0.1) is 0 Å². The van der Waals surface area contributed by atoms with Gasteiger partial charge >= 0.3 is 0 Å². The highest BCUT2D eigenvalue weighted by Gasteiger charge is 2.21. The Morgan fingerprint density at radius 1 is 1.19 bits per heavy atom. The molecule has 8 nitrogen and oxygen atoms in total. The number of nitrogens with zero attached hydrogens (tertiary/aromatic N) is 6. The van der Waals surface area contributed by atoms with E-state index in [2.05, 4.69) is 20.2 Å². The van der Waals surface area contributed by atoms with Gasteiger partial charge in [-0.1, -0.05) is 17.7 Å². The maximum absolute atomic E-state index is 9.12. The van der Waals surface area contributed by atoms with Crippen LogP contribution in [-0.4, -0.2) is 69.1 Å². The van der Waals surface area contributed by atoms with E-state index in [1.165, 1.54) is 0 Å². The first-order valence-electron chi connectivity index (χ1n) is 8.94. The predicted octanol–water partition coefficient (Wildman–Crippen LogP) is 1.87. The van der Waals surface area contributed by atoms with Crippen molar-refractivity contribution in [1.29, 1.82) is 0 Å². The molecule has 0 spiro atoms. The number of hydrogen-bond donors (Lipinski definition) is 2. The maximum atomic E-state index is 9.12. The molecule has 3 heterocycles. The van der Waals surface area contributed by atoms with Crippen LogP contribution in [0.15, 0.2) is 30.5 Å². The predicted molar refractivity (Wildman–Crippen MR) is 107 cm³/mol. The van der Waals surface area contributed by atoms with E-state index in [0.29, 0.717) is 23.3 Å². The number of rotatable bonds is 5. The summed E-state index contributed by atoms with van der Waals surface area (Å²) in [5.74, 6) is 1.39.